The first-order chi connectivity index (χ1) is 8.63. The molecular formula is C15H22FNO. The van der Waals surface area contributed by atoms with Crippen molar-refractivity contribution in [3.05, 3.63) is 29.6 Å². The number of nitrogens with zero attached hydrogens (tertiary/aromatic N) is 1. The molecule has 2 nitrogen and oxygen atoms in total. The number of piperidine rings is 1. The lowest BCUT2D eigenvalue weighted by Crippen LogP contribution is -2.39. The summed E-state index contributed by atoms with van der Waals surface area (Å²) in [7, 11) is 0. The van der Waals surface area contributed by atoms with Crippen LogP contribution in [0.5, 0.6) is 0 Å². The highest BCUT2D eigenvalue weighted by Crippen LogP contribution is 2.32. The molecule has 1 aliphatic rings. The summed E-state index contributed by atoms with van der Waals surface area (Å²) >= 11 is 0. The Bertz CT molecular complexity index is 405. The lowest BCUT2D eigenvalue weighted by atomic mass is 9.97. The van der Waals surface area contributed by atoms with E-state index in [4.69, 9.17) is 0 Å². The van der Waals surface area contributed by atoms with E-state index in [2.05, 4.69) is 11.8 Å². The molecule has 0 radical (unpaired) electrons. The van der Waals surface area contributed by atoms with Gasteiger partial charge in [-0.15, -0.1) is 0 Å². The molecule has 2 atom stereocenters. The third-order valence-electron chi connectivity index (χ3n) is 3.85. The van der Waals surface area contributed by atoms with Gasteiger partial charge in [-0.05, 0) is 50.8 Å². The van der Waals surface area contributed by atoms with E-state index >= 15 is 0 Å². The fraction of sp³-hybridized carbons (Fsp3) is 0.600. The van der Waals surface area contributed by atoms with Crippen molar-refractivity contribution in [2.75, 3.05) is 11.4 Å². The van der Waals surface area contributed by atoms with Gasteiger partial charge in [0.2, 0.25) is 0 Å². The predicted molar refractivity (Wildman–Crippen MR) is 72.3 cm³/mol. The molecule has 1 fully saturated rings. The van der Waals surface area contributed by atoms with Crippen LogP contribution >= 0.6 is 0 Å². The standard InChI is InChI=1S/C15H22FNO/c1-3-13-6-4-5-9-17(13)15-8-7-12(16)10-14(15)11(2)18/h7-8,10-11,13,18H,3-6,9H2,1-2H3/t11-,13?/m1/s1. The number of rotatable bonds is 3. The zero-order chi connectivity index (χ0) is 13.1. The second-order valence-electron chi connectivity index (χ2n) is 5.13. The van der Waals surface area contributed by atoms with Crippen LogP contribution in [0.15, 0.2) is 18.2 Å². The molecular weight excluding hydrogens is 229 g/mol. The molecule has 0 bridgehead atoms. The predicted octanol–water partition coefficient (Wildman–Crippen LogP) is 3.65. The lowest BCUT2D eigenvalue weighted by Gasteiger charge is -2.38. The van der Waals surface area contributed by atoms with Crippen LogP contribution in [-0.4, -0.2) is 17.7 Å². The first-order valence-electron chi connectivity index (χ1n) is 6.87. The molecule has 1 saturated heterocycles. The van der Waals surface area contributed by atoms with Crippen molar-refractivity contribution in [1.82, 2.24) is 0 Å². The highest BCUT2D eigenvalue weighted by Gasteiger charge is 2.24. The third-order valence-corrected chi connectivity index (χ3v) is 3.85. The van der Waals surface area contributed by atoms with E-state index in [0.717, 1.165) is 18.7 Å². The second-order valence-corrected chi connectivity index (χ2v) is 5.13. The maximum absolute atomic E-state index is 13.3. The van der Waals surface area contributed by atoms with Gasteiger partial charge < -0.3 is 10.0 Å². The average molecular weight is 251 g/mol. The molecule has 1 aromatic rings. The molecule has 0 aromatic heterocycles. The van der Waals surface area contributed by atoms with Crippen LogP contribution in [0.1, 0.15) is 51.2 Å². The van der Waals surface area contributed by atoms with E-state index in [-0.39, 0.29) is 5.82 Å². The molecule has 1 heterocycles. The minimum Gasteiger partial charge on any atom is -0.389 e. The number of aliphatic hydroxyl groups excluding tert-OH is 1. The number of benzene rings is 1. The summed E-state index contributed by atoms with van der Waals surface area (Å²) in [5.74, 6) is -0.278. The Morgan fingerprint density at radius 3 is 2.89 bits per heavy atom. The van der Waals surface area contributed by atoms with Crippen LogP contribution < -0.4 is 4.90 Å². The molecule has 18 heavy (non-hydrogen) atoms. The Morgan fingerprint density at radius 2 is 2.22 bits per heavy atom. The fourth-order valence-electron chi connectivity index (χ4n) is 2.86. The van der Waals surface area contributed by atoms with E-state index in [1.54, 1.807) is 6.92 Å². The molecule has 1 unspecified atom stereocenters. The van der Waals surface area contributed by atoms with E-state index in [9.17, 15) is 9.50 Å². The molecule has 0 aliphatic carbocycles. The van der Waals surface area contributed by atoms with Crippen molar-refractivity contribution >= 4 is 5.69 Å². The van der Waals surface area contributed by atoms with Crippen molar-refractivity contribution in [2.45, 2.75) is 51.7 Å². The second kappa shape index (κ2) is 5.70. The quantitative estimate of drug-likeness (QED) is 0.886. The normalized spacial score (nSPS) is 22.0. The van der Waals surface area contributed by atoms with Gasteiger partial charge in [-0.25, -0.2) is 4.39 Å². The number of hydrogen-bond donors (Lipinski definition) is 1. The molecule has 2 rings (SSSR count). The Kier molecular flexibility index (Phi) is 4.23. The Labute approximate surface area is 108 Å². The third kappa shape index (κ3) is 2.66. The molecule has 0 saturated carbocycles. The largest absolute Gasteiger partial charge is 0.389 e. The average Bonchev–Trinajstić information content (AvgIpc) is 2.38. The van der Waals surface area contributed by atoms with E-state index in [1.807, 2.05) is 6.07 Å². The summed E-state index contributed by atoms with van der Waals surface area (Å²) < 4.78 is 13.3. The van der Waals surface area contributed by atoms with Crippen LogP contribution in [0, 0.1) is 5.82 Å². The van der Waals surface area contributed by atoms with Gasteiger partial charge in [0.25, 0.3) is 0 Å². The summed E-state index contributed by atoms with van der Waals surface area (Å²) in [4.78, 5) is 2.34. The smallest absolute Gasteiger partial charge is 0.123 e. The maximum Gasteiger partial charge on any atom is 0.123 e. The minimum atomic E-state index is -0.630. The van der Waals surface area contributed by atoms with Gasteiger partial charge in [0, 0.05) is 23.8 Å². The molecule has 100 valence electrons. The minimum absolute atomic E-state index is 0.278. The SMILES string of the molecule is CCC1CCCCN1c1ccc(F)cc1[C@@H](C)O. The number of anilines is 1. The van der Waals surface area contributed by atoms with Crippen LogP contribution in [0.3, 0.4) is 0 Å². The van der Waals surface area contributed by atoms with Gasteiger partial charge in [-0.3, -0.25) is 0 Å². The summed E-state index contributed by atoms with van der Waals surface area (Å²) in [5, 5.41) is 9.83. The summed E-state index contributed by atoms with van der Waals surface area (Å²) in [6.45, 7) is 4.89. The first-order valence-corrected chi connectivity index (χ1v) is 6.87. The number of aliphatic hydroxyl groups is 1. The van der Waals surface area contributed by atoms with Crippen LogP contribution in [0.4, 0.5) is 10.1 Å². The van der Waals surface area contributed by atoms with E-state index in [0.29, 0.717) is 11.6 Å². The van der Waals surface area contributed by atoms with Crippen molar-refractivity contribution in [1.29, 1.82) is 0 Å². The van der Waals surface area contributed by atoms with E-state index < -0.39 is 6.10 Å². The number of hydrogen-bond acceptors (Lipinski definition) is 2. The molecule has 1 aliphatic heterocycles. The monoisotopic (exact) mass is 251 g/mol. The van der Waals surface area contributed by atoms with Crippen LogP contribution in [-0.2, 0) is 0 Å². The molecule has 3 heteroatoms. The van der Waals surface area contributed by atoms with Crippen LogP contribution in [0.2, 0.25) is 0 Å². The summed E-state index contributed by atoms with van der Waals surface area (Å²) in [5.41, 5.74) is 1.70. The van der Waals surface area contributed by atoms with Crippen molar-refractivity contribution in [3.63, 3.8) is 0 Å². The van der Waals surface area contributed by atoms with Gasteiger partial charge in [-0.1, -0.05) is 6.92 Å². The first kappa shape index (κ1) is 13.3. The Balaban J connectivity index is 2.36. The zero-order valence-corrected chi connectivity index (χ0v) is 11.2. The molecule has 0 spiro atoms. The van der Waals surface area contributed by atoms with Gasteiger partial charge in [0.1, 0.15) is 5.82 Å². The van der Waals surface area contributed by atoms with Gasteiger partial charge in [0.05, 0.1) is 6.10 Å². The molecule has 1 N–H and O–H groups in total. The van der Waals surface area contributed by atoms with Crippen LogP contribution in [0.25, 0.3) is 0 Å². The Morgan fingerprint density at radius 1 is 1.44 bits per heavy atom. The Hall–Kier alpha value is -1.09. The van der Waals surface area contributed by atoms with Gasteiger partial charge in [-0.2, -0.15) is 0 Å². The topological polar surface area (TPSA) is 23.5 Å². The summed E-state index contributed by atoms with van der Waals surface area (Å²) in [6.07, 6.45) is 4.09. The highest BCUT2D eigenvalue weighted by molar-refractivity contribution is 5.55. The van der Waals surface area contributed by atoms with Gasteiger partial charge >= 0.3 is 0 Å². The fourth-order valence-corrected chi connectivity index (χ4v) is 2.86. The summed E-state index contributed by atoms with van der Waals surface area (Å²) in [6, 6.07) is 5.27. The van der Waals surface area contributed by atoms with Crippen molar-refractivity contribution in [3.8, 4) is 0 Å². The van der Waals surface area contributed by atoms with Gasteiger partial charge in [0.15, 0.2) is 0 Å². The zero-order valence-electron chi connectivity index (χ0n) is 11.2. The maximum atomic E-state index is 13.3. The van der Waals surface area contributed by atoms with Crippen molar-refractivity contribution in [2.24, 2.45) is 0 Å². The van der Waals surface area contributed by atoms with Crippen molar-refractivity contribution < 1.29 is 9.50 Å². The van der Waals surface area contributed by atoms with E-state index in [1.165, 1.54) is 31.4 Å². The lowest BCUT2D eigenvalue weighted by molar-refractivity contribution is 0.198. The molecule has 0 amide bonds. The molecule has 1 aromatic carbocycles. The number of halogens is 1. The highest BCUT2D eigenvalue weighted by atomic mass is 19.1.